The van der Waals surface area contributed by atoms with Gasteiger partial charge in [0.15, 0.2) is 11.5 Å². The number of rotatable bonds is 6. The van der Waals surface area contributed by atoms with Gasteiger partial charge >= 0.3 is 0 Å². The number of amides is 1. The number of furan rings is 1. The molecule has 1 aliphatic rings. The van der Waals surface area contributed by atoms with E-state index in [4.69, 9.17) is 14.4 Å². The molecule has 3 N–H and O–H groups in total. The van der Waals surface area contributed by atoms with Gasteiger partial charge in [0.25, 0.3) is 0 Å². The van der Waals surface area contributed by atoms with Gasteiger partial charge in [-0.2, -0.15) is 5.10 Å². The van der Waals surface area contributed by atoms with E-state index in [1.54, 1.807) is 24.9 Å². The smallest absolute Gasteiger partial charge is 0.224 e. The van der Waals surface area contributed by atoms with Gasteiger partial charge in [-0.15, -0.1) is 0 Å². The molecule has 1 aliphatic carbocycles. The number of hydrogen-bond acceptors (Lipinski definition) is 6. The summed E-state index contributed by atoms with van der Waals surface area (Å²) in [6.07, 6.45) is 13.4. The number of aromatic nitrogens is 6. The molecule has 0 unspecified atom stereocenters. The minimum Gasteiger partial charge on any atom is -0.472 e. The van der Waals surface area contributed by atoms with Gasteiger partial charge in [0.05, 0.1) is 46.7 Å². The molecule has 0 bridgehead atoms. The van der Waals surface area contributed by atoms with Crippen molar-refractivity contribution in [2.75, 3.05) is 5.32 Å². The first kappa shape index (κ1) is 23.3. The predicted molar refractivity (Wildman–Crippen MR) is 150 cm³/mol. The summed E-state index contributed by atoms with van der Waals surface area (Å²) in [6.45, 7) is 0. The van der Waals surface area contributed by atoms with E-state index in [2.05, 4.69) is 25.5 Å². The maximum absolute atomic E-state index is 12.7. The molecule has 5 aromatic heterocycles. The van der Waals surface area contributed by atoms with Crippen LogP contribution in [0.1, 0.15) is 38.5 Å². The number of nitrogens with one attached hydrogen (secondary N) is 3. The number of nitrogens with zero attached hydrogens (tertiary/aromatic N) is 4. The molecule has 1 aromatic carbocycles. The molecular weight excluding hydrogens is 490 g/mol. The van der Waals surface area contributed by atoms with Gasteiger partial charge in [0, 0.05) is 29.3 Å². The van der Waals surface area contributed by atoms with Gasteiger partial charge in [0.1, 0.15) is 5.52 Å². The van der Waals surface area contributed by atoms with Crippen LogP contribution in [0.5, 0.6) is 0 Å². The van der Waals surface area contributed by atoms with Gasteiger partial charge in [-0.3, -0.25) is 14.9 Å². The number of hydrogen-bond donors (Lipinski definition) is 3. The lowest BCUT2D eigenvalue weighted by Gasteiger charge is -2.20. The van der Waals surface area contributed by atoms with Crippen LogP contribution in [0.25, 0.3) is 56.0 Å². The van der Waals surface area contributed by atoms with Crippen molar-refractivity contribution in [1.82, 2.24) is 30.1 Å². The highest BCUT2D eigenvalue weighted by molar-refractivity contribution is 5.96. The zero-order valence-electron chi connectivity index (χ0n) is 21.3. The standard InChI is InChI=1S/C30H27N7O2/c38-26(13-18-5-2-1-3-6-18)32-21-14-20(15-31-16-21)23-9-10-25-28(33-23)29(37-36-25)30-34-24-8-4-7-22(27(24)35-30)19-11-12-39-17-19/h4,7-12,14-18H,1-3,5-6,13H2,(H,32,38)(H,34,35)(H,36,37). The lowest BCUT2D eigenvalue weighted by Crippen LogP contribution is -2.18. The molecule has 194 valence electrons. The second kappa shape index (κ2) is 9.83. The highest BCUT2D eigenvalue weighted by atomic mass is 16.3. The molecule has 1 saturated carbocycles. The number of pyridine rings is 2. The summed E-state index contributed by atoms with van der Waals surface area (Å²) >= 11 is 0. The lowest BCUT2D eigenvalue weighted by atomic mass is 9.87. The molecule has 0 aliphatic heterocycles. The van der Waals surface area contributed by atoms with E-state index in [1.807, 2.05) is 42.5 Å². The van der Waals surface area contributed by atoms with Crippen LogP contribution >= 0.6 is 0 Å². The summed E-state index contributed by atoms with van der Waals surface area (Å²) in [4.78, 5) is 30.2. The molecule has 9 heteroatoms. The fourth-order valence-electron chi connectivity index (χ4n) is 5.53. The van der Waals surface area contributed by atoms with Gasteiger partial charge in [-0.05, 0) is 49.1 Å². The van der Waals surface area contributed by atoms with Gasteiger partial charge < -0.3 is 14.7 Å². The van der Waals surface area contributed by atoms with Crippen molar-refractivity contribution in [1.29, 1.82) is 0 Å². The molecule has 9 nitrogen and oxygen atoms in total. The van der Waals surface area contributed by atoms with Crippen LogP contribution in [0.15, 0.2) is 71.8 Å². The molecule has 39 heavy (non-hydrogen) atoms. The number of carbonyl (C=O) groups is 1. The first-order valence-electron chi connectivity index (χ1n) is 13.3. The average Bonchev–Trinajstić information content (AvgIpc) is 3.73. The van der Waals surface area contributed by atoms with Crippen molar-refractivity contribution in [2.45, 2.75) is 38.5 Å². The topological polar surface area (TPSA) is 125 Å². The molecule has 6 aromatic rings. The monoisotopic (exact) mass is 517 g/mol. The third-order valence-electron chi connectivity index (χ3n) is 7.49. The Kier molecular flexibility index (Phi) is 5.88. The maximum atomic E-state index is 12.7. The summed E-state index contributed by atoms with van der Waals surface area (Å²) in [6, 6.07) is 13.7. The van der Waals surface area contributed by atoms with Crippen LogP contribution in [0.4, 0.5) is 5.69 Å². The number of fused-ring (bicyclic) bond motifs is 2. The summed E-state index contributed by atoms with van der Waals surface area (Å²) in [5, 5.41) is 10.6. The van der Waals surface area contributed by atoms with Crippen molar-refractivity contribution < 1.29 is 9.21 Å². The van der Waals surface area contributed by atoms with Crippen LogP contribution in [0, 0.1) is 5.92 Å². The highest BCUT2D eigenvalue weighted by Crippen LogP contribution is 2.32. The van der Waals surface area contributed by atoms with Crippen LogP contribution in [-0.2, 0) is 4.79 Å². The molecule has 0 spiro atoms. The van der Waals surface area contributed by atoms with Gasteiger partial charge in [-0.1, -0.05) is 31.4 Å². The zero-order chi connectivity index (χ0) is 26.2. The van der Waals surface area contributed by atoms with Crippen molar-refractivity contribution in [3.63, 3.8) is 0 Å². The minimum absolute atomic E-state index is 0.0426. The summed E-state index contributed by atoms with van der Waals surface area (Å²) in [7, 11) is 0. The summed E-state index contributed by atoms with van der Waals surface area (Å²) in [5.74, 6) is 1.15. The highest BCUT2D eigenvalue weighted by Gasteiger charge is 2.19. The normalized spacial score (nSPS) is 14.3. The van der Waals surface area contributed by atoms with E-state index in [9.17, 15) is 4.79 Å². The Bertz CT molecular complexity index is 1780. The summed E-state index contributed by atoms with van der Waals surface area (Å²) in [5.41, 5.74) is 8.02. The fraction of sp³-hybridized carbons (Fsp3) is 0.233. The van der Waals surface area contributed by atoms with Crippen LogP contribution in [0.2, 0.25) is 0 Å². The third-order valence-corrected chi connectivity index (χ3v) is 7.49. The van der Waals surface area contributed by atoms with Crippen molar-refractivity contribution in [3.05, 3.63) is 67.4 Å². The van der Waals surface area contributed by atoms with Crippen LogP contribution < -0.4 is 5.32 Å². The van der Waals surface area contributed by atoms with E-state index < -0.39 is 0 Å². The molecule has 0 atom stereocenters. The Balaban J connectivity index is 1.19. The first-order valence-corrected chi connectivity index (χ1v) is 13.3. The lowest BCUT2D eigenvalue weighted by molar-refractivity contribution is -0.117. The predicted octanol–water partition coefficient (Wildman–Crippen LogP) is 6.73. The van der Waals surface area contributed by atoms with Crippen molar-refractivity contribution >= 4 is 33.7 Å². The quantitative estimate of drug-likeness (QED) is 0.225. The number of anilines is 1. The fourth-order valence-corrected chi connectivity index (χ4v) is 5.53. The van der Waals surface area contributed by atoms with Gasteiger partial charge in [0.2, 0.25) is 5.91 Å². The van der Waals surface area contributed by atoms with E-state index in [1.165, 1.54) is 19.3 Å². The van der Waals surface area contributed by atoms with E-state index in [-0.39, 0.29) is 5.91 Å². The Morgan fingerprint density at radius 3 is 2.77 bits per heavy atom. The van der Waals surface area contributed by atoms with E-state index in [0.29, 0.717) is 35.1 Å². The Morgan fingerprint density at radius 1 is 0.974 bits per heavy atom. The SMILES string of the molecule is O=C(CC1CCCCC1)Nc1cncc(-c2ccc3[nH]nc(-c4nc5c(-c6ccoc6)cccc5[nH]4)c3n2)c1. The Hall–Kier alpha value is -4.79. The average molecular weight is 518 g/mol. The Labute approximate surface area is 224 Å². The second-order valence-electron chi connectivity index (χ2n) is 10.2. The molecule has 5 heterocycles. The van der Waals surface area contributed by atoms with Crippen molar-refractivity contribution in [3.8, 4) is 33.9 Å². The minimum atomic E-state index is 0.0426. The maximum Gasteiger partial charge on any atom is 0.224 e. The zero-order valence-corrected chi connectivity index (χ0v) is 21.3. The number of para-hydroxylation sites is 1. The number of benzene rings is 1. The van der Waals surface area contributed by atoms with Gasteiger partial charge in [-0.25, -0.2) is 9.97 Å². The molecule has 7 rings (SSSR count). The number of imidazole rings is 1. The molecule has 1 amide bonds. The van der Waals surface area contributed by atoms with Crippen molar-refractivity contribution in [2.24, 2.45) is 5.92 Å². The Morgan fingerprint density at radius 2 is 1.90 bits per heavy atom. The molecule has 0 saturated heterocycles. The van der Waals surface area contributed by atoms with Crippen LogP contribution in [-0.4, -0.2) is 36.0 Å². The second-order valence-corrected chi connectivity index (χ2v) is 10.2. The molecule has 1 fully saturated rings. The largest absolute Gasteiger partial charge is 0.472 e. The number of aromatic amines is 2. The summed E-state index contributed by atoms with van der Waals surface area (Å²) < 4.78 is 5.28. The van der Waals surface area contributed by atoms with Crippen LogP contribution in [0.3, 0.4) is 0 Å². The number of H-pyrrole nitrogens is 2. The van der Waals surface area contributed by atoms with E-state index in [0.717, 1.165) is 51.8 Å². The molecule has 0 radical (unpaired) electrons. The first-order chi connectivity index (χ1) is 19.2. The molecular formula is C30H27N7O2. The third kappa shape index (κ3) is 4.56. The van der Waals surface area contributed by atoms with E-state index >= 15 is 0 Å². The number of carbonyl (C=O) groups excluding carboxylic acids is 1.